The highest BCUT2D eigenvalue weighted by atomic mass is 16.3. The first-order valence-corrected chi connectivity index (χ1v) is 7.12. The summed E-state index contributed by atoms with van der Waals surface area (Å²) in [5, 5.41) is 10.7. The number of nitrogens with two attached hydrogens (primary N) is 1. The monoisotopic (exact) mass is 261 g/mol. The van der Waals surface area contributed by atoms with Crippen molar-refractivity contribution in [3.8, 4) is 0 Å². The van der Waals surface area contributed by atoms with Gasteiger partial charge in [0.1, 0.15) is 0 Å². The first-order valence-electron chi connectivity index (χ1n) is 7.12. The van der Waals surface area contributed by atoms with Crippen LogP contribution in [0.3, 0.4) is 0 Å². The third-order valence-corrected chi connectivity index (χ3v) is 4.27. The van der Waals surface area contributed by atoms with Crippen LogP contribution in [0.2, 0.25) is 0 Å². The molecule has 0 heterocycles. The molecular weight excluding hydrogens is 238 g/mol. The fourth-order valence-electron chi connectivity index (χ4n) is 3.06. The van der Waals surface area contributed by atoms with Crippen LogP contribution in [0.15, 0.2) is 18.2 Å². The van der Waals surface area contributed by atoms with Gasteiger partial charge in [-0.1, -0.05) is 37.8 Å². The van der Waals surface area contributed by atoms with Crippen LogP contribution in [0.1, 0.15) is 60.0 Å². The van der Waals surface area contributed by atoms with E-state index in [-0.39, 0.29) is 0 Å². The van der Waals surface area contributed by atoms with Crippen molar-refractivity contribution in [3.63, 3.8) is 0 Å². The van der Waals surface area contributed by atoms with Crippen LogP contribution >= 0.6 is 0 Å². The maximum atomic E-state index is 11.4. The zero-order valence-corrected chi connectivity index (χ0v) is 11.6. The molecule has 3 nitrogen and oxygen atoms in total. The van der Waals surface area contributed by atoms with E-state index in [0.717, 1.165) is 36.8 Å². The average molecular weight is 261 g/mol. The molecule has 0 saturated heterocycles. The molecule has 3 N–H and O–H groups in total. The molecule has 1 amide bonds. The molecule has 1 fully saturated rings. The molecule has 1 aromatic carbocycles. The number of hydrogen-bond acceptors (Lipinski definition) is 2. The SMILES string of the molecule is Cc1c(CC2(O)CCCCCC2)cccc1C(N)=O. The van der Waals surface area contributed by atoms with E-state index in [0.29, 0.717) is 12.0 Å². The van der Waals surface area contributed by atoms with Crippen LogP contribution in [0.25, 0.3) is 0 Å². The molecule has 1 aliphatic carbocycles. The van der Waals surface area contributed by atoms with Crippen molar-refractivity contribution in [1.29, 1.82) is 0 Å². The lowest BCUT2D eigenvalue weighted by atomic mass is 9.85. The second-order valence-electron chi connectivity index (χ2n) is 5.77. The van der Waals surface area contributed by atoms with E-state index in [4.69, 9.17) is 5.73 Å². The Morgan fingerprint density at radius 3 is 2.47 bits per heavy atom. The molecule has 1 aromatic rings. The lowest BCUT2D eigenvalue weighted by Gasteiger charge is -2.27. The van der Waals surface area contributed by atoms with Crippen molar-refractivity contribution in [2.45, 2.75) is 57.5 Å². The maximum Gasteiger partial charge on any atom is 0.248 e. The Morgan fingerprint density at radius 1 is 1.26 bits per heavy atom. The molecule has 0 atom stereocenters. The number of hydrogen-bond donors (Lipinski definition) is 2. The van der Waals surface area contributed by atoms with Crippen LogP contribution in [0.4, 0.5) is 0 Å². The van der Waals surface area contributed by atoms with E-state index < -0.39 is 11.5 Å². The molecule has 3 heteroatoms. The standard InChI is InChI=1S/C16H23NO2/c1-12-13(7-6-8-14(12)15(17)18)11-16(19)9-4-2-3-5-10-16/h6-8,19H,2-5,9-11H2,1H3,(H2,17,18). The predicted octanol–water partition coefficient (Wildman–Crippen LogP) is 2.72. The fourth-order valence-corrected chi connectivity index (χ4v) is 3.06. The first kappa shape index (κ1) is 14.1. The minimum Gasteiger partial charge on any atom is -0.390 e. The molecule has 104 valence electrons. The molecule has 0 spiro atoms. The van der Waals surface area contributed by atoms with Crippen molar-refractivity contribution in [3.05, 3.63) is 34.9 Å². The minimum absolute atomic E-state index is 0.396. The molecule has 0 aliphatic heterocycles. The quantitative estimate of drug-likeness (QED) is 0.822. The molecule has 0 unspecified atom stereocenters. The van der Waals surface area contributed by atoms with Gasteiger partial charge in [-0.05, 0) is 37.0 Å². The van der Waals surface area contributed by atoms with E-state index in [9.17, 15) is 9.90 Å². The Bertz CT molecular complexity index is 460. The number of benzene rings is 1. The Morgan fingerprint density at radius 2 is 1.89 bits per heavy atom. The van der Waals surface area contributed by atoms with Gasteiger partial charge in [0.25, 0.3) is 0 Å². The molecule has 19 heavy (non-hydrogen) atoms. The maximum absolute atomic E-state index is 11.4. The molecule has 0 aromatic heterocycles. The lowest BCUT2D eigenvalue weighted by molar-refractivity contribution is 0.0251. The number of carbonyl (C=O) groups excluding carboxylic acids is 1. The molecular formula is C16H23NO2. The van der Waals surface area contributed by atoms with Crippen molar-refractivity contribution in [2.24, 2.45) is 5.73 Å². The van der Waals surface area contributed by atoms with Gasteiger partial charge in [-0.2, -0.15) is 0 Å². The summed E-state index contributed by atoms with van der Waals surface area (Å²) in [6.07, 6.45) is 6.93. The molecule has 1 saturated carbocycles. The second-order valence-corrected chi connectivity index (χ2v) is 5.77. The van der Waals surface area contributed by atoms with Crippen LogP contribution in [-0.4, -0.2) is 16.6 Å². The van der Waals surface area contributed by atoms with Crippen molar-refractivity contribution in [1.82, 2.24) is 0 Å². The number of carbonyl (C=O) groups is 1. The van der Waals surface area contributed by atoms with E-state index in [1.807, 2.05) is 19.1 Å². The molecule has 0 bridgehead atoms. The van der Waals surface area contributed by atoms with Gasteiger partial charge < -0.3 is 10.8 Å². The summed E-state index contributed by atoms with van der Waals surface area (Å²) in [6.45, 7) is 1.91. The van der Waals surface area contributed by atoms with E-state index >= 15 is 0 Å². The van der Waals surface area contributed by atoms with Gasteiger partial charge in [0, 0.05) is 12.0 Å². The third-order valence-electron chi connectivity index (χ3n) is 4.27. The van der Waals surface area contributed by atoms with E-state index in [2.05, 4.69) is 0 Å². The van der Waals surface area contributed by atoms with E-state index in [1.54, 1.807) is 6.07 Å². The Hall–Kier alpha value is -1.35. The van der Waals surface area contributed by atoms with Gasteiger partial charge in [0.15, 0.2) is 0 Å². The highest BCUT2D eigenvalue weighted by molar-refractivity contribution is 5.94. The van der Waals surface area contributed by atoms with Crippen LogP contribution in [-0.2, 0) is 6.42 Å². The van der Waals surface area contributed by atoms with Crippen LogP contribution < -0.4 is 5.73 Å². The first-order chi connectivity index (χ1) is 9.02. The number of rotatable bonds is 3. The molecule has 2 rings (SSSR count). The lowest BCUT2D eigenvalue weighted by Crippen LogP contribution is -2.31. The van der Waals surface area contributed by atoms with Gasteiger partial charge >= 0.3 is 0 Å². The van der Waals surface area contributed by atoms with Crippen LogP contribution in [0.5, 0.6) is 0 Å². The van der Waals surface area contributed by atoms with Gasteiger partial charge in [-0.3, -0.25) is 4.79 Å². The zero-order chi connectivity index (χ0) is 13.9. The molecule has 0 radical (unpaired) electrons. The van der Waals surface area contributed by atoms with Gasteiger partial charge in [-0.15, -0.1) is 0 Å². The average Bonchev–Trinajstić information content (AvgIpc) is 2.56. The Kier molecular flexibility index (Phi) is 4.25. The minimum atomic E-state index is -0.614. The van der Waals surface area contributed by atoms with Crippen molar-refractivity contribution >= 4 is 5.91 Å². The van der Waals surface area contributed by atoms with Gasteiger partial charge in [0.05, 0.1) is 5.60 Å². The van der Waals surface area contributed by atoms with Gasteiger partial charge in [-0.25, -0.2) is 0 Å². The Labute approximate surface area is 114 Å². The van der Waals surface area contributed by atoms with E-state index in [1.165, 1.54) is 12.8 Å². The summed E-state index contributed by atoms with van der Waals surface area (Å²) in [5.41, 5.74) is 7.28. The third kappa shape index (κ3) is 3.35. The zero-order valence-electron chi connectivity index (χ0n) is 11.6. The highest BCUT2D eigenvalue weighted by Crippen LogP contribution is 2.31. The summed E-state index contributed by atoms with van der Waals surface area (Å²) in [6, 6.07) is 5.59. The second kappa shape index (κ2) is 5.74. The highest BCUT2D eigenvalue weighted by Gasteiger charge is 2.29. The topological polar surface area (TPSA) is 63.3 Å². The normalized spacial score (nSPS) is 18.8. The summed E-state index contributed by atoms with van der Waals surface area (Å²) < 4.78 is 0. The van der Waals surface area contributed by atoms with Crippen LogP contribution in [0, 0.1) is 6.92 Å². The number of amides is 1. The largest absolute Gasteiger partial charge is 0.390 e. The predicted molar refractivity (Wildman–Crippen MR) is 76.1 cm³/mol. The summed E-state index contributed by atoms with van der Waals surface area (Å²) >= 11 is 0. The summed E-state index contributed by atoms with van der Waals surface area (Å²) in [4.78, 5) is 11.4. The fraction of sp³-hybridized carbons (Fsp3) is 0.562. The smallest absolute Gasteiger partial charge is 0.248 e. The van der Waals surface area contributed by atoms with Gasteiger partial charge in [0.2, 0.25) is 5.91 Å². The molecule has 1 aliphatic rings. The number of aliphatic hydroxyl groups is 1. The van der Waals surface area contributed by atoms with Crippen molar-refractivity contribution < 1.29 is 9.90 Å². The van der Waals surface area contributed by atoms with Crippen molar-refractivity contribution in [2.75, 3.05) is 0 Å². The summed E-state index contributed by atoms with van der Waals surface area (Å²) in [7, 11) is 0. The summed E-state index contributed by atoms with van der Waals surface area (Å²) in [5.74, 6) is -0.396. The number of primary amides is 1. The Balaban J connectivity index is 2.22.